The summed E-state index contributed by atoms with van der Waals surface area (Å²) in [4.78, 5) is 30.7. The van der Waals surface area contributed by atoms with Gasteiger partial charge in [0.2, 0.25) is 6.79 Å². The molecule has 1 amide bonds. The number of aromatic nitrogens is 3. The van der Waals surface area contributed by atoms with Crippen molar-refractivity contribution in [1.82, 2.24) is 14.8 Å². The fourth-order valence-electron chi connectivity index (χ4n) is 4.13. The highest BCUT2D eigenvalue weighted by Crippen LogP contribution is 2.38. The number of nitrogens with one attached hydrogen (secondary N) is 1. The highest BCUT2D eigenvalue weighted by Gasteiger charge is 2.24. The zero-order valence-corrected chi connectivity index (χ0v) is 19.6. The number of carbonyl (C=O) groups is 2. The van der Waals surface area contributed by atoms with E-state index in [9.17, 15) is 9.59 Å². The maximum Gasteiger partial charge on any atom is 0.256 e. The molecule has 4 aromatic rings. The van der Waals surface area contributed by atoms with Crippen molar-refractivity contribution in [2.45, 2.75) is 40.7 Å². The summed E-state index contributed by atoms with van der Waals surface area (Å²) in [6.07, 6.45) is 1.64. The third kappa shape index (κ3) is 3.59. The summed E-state index contributed by atoms with van der Waals surface area (Å²) in [7, 11) is 0. The van der Waals surface area contributed by atoms with Crippen LogP contribution in [-0.2, 0) is 0 Å². The largest absolute Gasteiger partial charge is 0.466 e. The lowest BCUT2D eigenvalue weighted by Gasteiger charge is -2.13. The molecule has 3 aromatic heterocycles. The second-order valence-corrected chi connectivity index (χ2v) is 8.56. The van der Waals surface area contributed by atoms with Crippen LogP contribution in [0.15, 0.2) is 34.9 Å². The van der Waals surface area contributed by atoms with Crippen LogP contribution in [0.25, 0.3) is 22.3 Å². The number of rotatable bonds is 5. The van der Waals surface area contributed by atoms with Crippen molar-refractivity contribution in [3.05, 3.63) is 53.1 Å². The number of anilines is 1. The molecule has 0 atom stereocenters. The molecular formula is C25H24N4O5. The second-order valence-electron chi connectivity index (χ2n) is 8.56. The van der Waals surface area contributed by atoms with Crippen molar-refractivity contribution in [3.63, 3.8) is 0 Å². The van der Waals surface area contributed by atoms with Crippen LogP contribution < -0.4 is 14.8 Å². The van der Waals surface area contributed by atoms with Gasteiger partial charge in [-0.1, -0.05) is 0 Å². The minimum absolute atomic E-state index is 0.0431. The summed E-state index contributed by atoms with van der Waals surface area (Å²) in [5.74, 6) is 1.81. The number of nitrogens with zero attached hydrogens (tertiary/aromatic N) is 3. The van der Waals surface area contributed by atoms with Gasteiger partial charge in [0.1, 0.15) is 11.5 Å². The second kappa shape index (κ2) is 8.02. The van der Waals surface area contributed by atoms with Gasteiger partial charge in [-0.3, -0.25) is 9.59 Å². The molecule has 4 heterocycles. The molecule has 0 fully saturated rings. The van der Waals surface area contributed by atoms with E-state index in [1.165, 1.54) is 6.92 Å². The van der Waals surface area contributed by atoms with Crippen molar-refractivity contribution < 1.29 is 23.5 Å². The van der Waals surface area contributed by atoms with Crippen molar-refractivity contribution in [2.75, 3.05) is 12.1 Å². The van der Waals surface area contributed by atoms with E-state index in [0.29, 0.717) is 50.8 Å². The molecule has 0 aliphatic carbocycles. The molecule has 0 saturated carbocycles. The first-order chi connectivity index (χ1) is 16.2. The Morgan fingerprint density at radius 1 is 1.06 bits per heavy atom. The van der Waals surface area contributed by atoms with Crippen molar-refractivity contribution in [1.29, 1.82) is 0 Å². The lowest BCUT2D eigenvalue weighted by atomic mass is 10.0. The smallest absolute Gasteiger partial charge is 0.256 e. The van der Waals surface area contributed by atoms with E-state index in [0.717, 1.165) is 11.3 Å². The summed E-state index contributed by atoms with van der Waals surface area (Å²) in [6.45, 7) is 9.23. The SMILES string of the molecule is CC(=O)c1cc2c(cc1NC(=O)c1cc(-c3cc(C)oc3C)nc3c1cnn3C(C)C)OCO2. The van der Waals surface area contributed by atoms with Gasteiger partial charge in [0.05, 0.1) is 28.5 Å². The molecule has 9 nitrogen and oxygen atoms in total. The first kappa shape index (κ1) is 21.7. The van der Waals surface area contributed by atoms with Crippen LogP contribution in [0.1, 0.15) is 59.0 Å². The highest BCUT2D eigenvalue weighted by molar-refractivity contribution is 6.15. The van der Waals surface area contributed by atoms with Gasteiger partial charge in [0.25, 0.3) is 5.91 Å². The summed E-state index contributed by atoms with van der Waals surface area (Å²) in [5.41, 5.74) is 3.07. The van der Waals surface area contributed by atoms with E-state index in [-0.39, 0.29) is 18.6 Å². The fraction of sp³-hybridized carbons (Fsp3) is 0.280. The van der Waals surface area contributed by atoms with Gasteiger partial charge < -0.3 is 19.2 Å². The van der Waals surface area contributed by atoms with Gasteiger partial charge in [0.15, 0.2) is 22.9 Å². The number of benzene rings is 1. The van der Waals surface area contributed by atoms with Gasteiger partial charge in [-0.05, 0) is 52.8 Å². The average Bonchev–Trinajstić information content (AvgIpc) is 3.49. The van der Waals surface area contributed by atoms with Gasteiger partial charge in [0, 0.05) is 23.2 Å². The molecule has 174 valence electrons. The molecule has 0 saturated heterocycles. The molecule has 5 rings (SSSR count). The standard InChI is InChI=1S/C25H24N4O5/c1-12(2)29-24-19(10-26-29)18(7-20(27-24)17-6-13(3)34-15(17)5)25(31)28-21-9-23-22(32-11-33-23)8-16(21)14(4)30/h6-10,12H,11H2,1-5H3,(H,28,31). The van der Waals surface area contributed by atoms with Crippen LogP contribution in [-0.4, -0.2) is 33.2 Å². The zero-order chi connectivity index (χ0) is 24.1. The molecule has 1 aliphatic rings. The van der Waals surface area contributed by atoms with Gasteiger partial charge in [-0.2, -0.15) is 5.10 Å². The Kier molecular flexibility index (Phi) is 5.11. The maximum atomic E-state index is 13.6. The molecule has 0 unspecified atom stereocenters. The zero-order valence-electron chi connectivity index (χ0n) is 19.6. The predicted molar refractivity (Wildman–Crippen MR) is 126 cm³/mol. The van der Waals surface area contributed by atoms with E-state index in [1.54, 1.807) is 29.1 Å². The number of Topliss-reactive ketones (excluding diaryl/α,β-unsaturated/α-hetero) is 1. The van der Waals surface area contributed by atoms with E-state index in [4.69, 9.17) is 18.9 Å². The van der Waals surface area contributed by atoms with Gasteiger partial charge >= 0.3 is 0 Å². The van der Waals surface area contributed by atoms with Crippen LogP contribution in [0.4, 0.5) is 5.69 Å². The molecule has 34 heavy (non-hydrogen) atoms. The lowest BCUT2D eigenvalue weighted by Crippen LogP contribution is -2.15. The first-order valence-corrected chi connectivity index (χ1v) is 10.9. The maximum absolute atomic E-state index is 13.6. The van der Waals surface area contributed by atoms with Crippen LogP contribution in [0.2, 0.25) is 0 Å². The van der Waals surface area contributed by atoms with Crippen molar-refractivity contribution >= 4 is 28.4 Å². The summed E-state index contributed by atoms with van der Waals surface area (Å²) in [6, 6.07) is 6.86. The first-order valence-electron chi connectivity index (χ1n) is 10.9. The Morgan fingerprint density at radius 3 is 2.44 bits per heavy atom. The van der Waals surface area contributed by atoms with E-state index >= 15 is 0 Å². The van der Waals surface area contributed by atoms with Crippen LogP contribution in [0.5, 0.6) is 11.5 Å². The quantitative estimate of drug-likeness (QED) is 0.414. The molecule has 0 bridgehead atoms. The number of hydrogen-bond donors (Lipinski definition) is 1. The average molecular weight is 460 g/mol. The Labute approximate surface area is 195 Å². The third-order valence-electron chi connectivity index (χ3n) is 5.76. The van der Waals surface area contributed by atoms with Gasteiger partial charge in [-0.25, -0.2) is 9.67 Å². The van der Waals surface area contributed by atoms with E-state index in [2.05, 4.69) is 10.4 Å². The van der Waals surface area contributed by atoms with Crippen LogP contribution in [0, 0.1) is 13.8 Å². The third-order valence-corrected chi connectivity index (χ3v) is 5.76. The van der Waals surface area contributed by atoms with E-state index < -0.39 is 5.91 Å². The lowest BCUT2D eigenvalue weighted by molar-refractivity contribution is 0.101. The fourth-order valence-corrected chi connectivity index (χ4v) is 4.13. The number of hydrogen-bond acceptors (Lipinski definition) is 7. The summed E-state index contributed by atoms with van der Waals surface area (Å²) >= 11 is 0. The molecule has 1 aromatic carbocycles. The van der Waals surface area contributed by atoms with Crippen molar-refractivity contribution in [3.8, 4) is 22.8 Å². The highest BCUT2D eigenvalue weighted by atomic mass is 16.7. The monoisotopic (exact) mass is 460 g/mol. The minimum atomic E-state index is -0.392. The Bertz CT molecular complexity index is 1460. The number of amides is 1. The molecule has 1 N–H and O–H groups in total. The molecule has 9 heteroatoms. The number of ketones is 1. The summed E-state index contributed by atoms with van der Waals surface area (Å²) in [5, 5.41) is 7.95. The molecule has 0 radical (unpaired) electrons. The number of ether oxygens (including phenoxy) is 2. The number of carbonyl (C=O) groups excluding carboxylic acids is 2. The van der Waals surface area contributed by atoms with Crippen LogP contribution in [0.3, 0.4) is 0 Å². The number of fused-ring (bicyclic) bond motifs is 2. The normalized spacial score (nSPS) is 12.5. The van der Waals surface area contributed by atoms with Gasteiger partial charge in [-0.15, -0.1) is 0 Å². The number of aryl methyl sites for hydroxylation is 2. The number of furan rings is 1. The molecular weight excluding hydrogens is 436 g/mol. The van der Waals surface area contributed by atoms with E-state index in [1.807, 2.05) is 33.8 Å². The van der Waals surface area contributed by atoms with Crippen molar-refractivity contribution in [2.24, 2.45) is 0 Å². The topological polar surface area (TPSA) is 108 Å². The Morgan fingerprint density at radius 2 is 1.79 bits per heavy atom. The van der Waals surface area contributed by atoms with Crippen LogP contribution >= 0.6 is 0 Å². The molecule has 1 aliphatic heterocycles. The Balaban J connectivity index is 1.64. The number of pyridine rings is 1. The predicted octanol–water partition coefficient (Wildman–Crippen LogP) is 5.07. The molecule has 0 spiro atoms. The Hall–Kier alpha value is -4.14. The summed E-state index contributed by atoms with van der Waals surface area (Å²) < 4.78 is 18.3. The minimum Gasteiger partial charge on any atom is -0.466 e.